The third kappa shape index (κ3) is 10.5. The lowest BCUT2D eigenvalue weighted by Crippen LogP contribution is -2.25. The molecular weight excluding hydrogens is 1040 g/mol. The number of aromatic nitrogens is 2. The Labute approximate surface area is 498 Å². The zero-order valence-electron chi connectivity index (χ0n) is 53.8. The molecule has 5 nitrogen and oxygen atoms in total. The van der Waals surface area contributed by atoms with E-state index < -0.39 is 22.9 Å². The maximum Gasteiger partial charge on any atom is 0.137 e. The average Bonchev–Trinajstić information content (AvgIpc) is 1.49. The summed E-state index contributed by atoms with van der Waals surface area (Å²) in [7, 11) is 0. The molecule has 0 unspecified atom stereocenters. The summed E-state index contributed by atoms with van der Waals surface area (Å²) < 4.78 is 96.3. The van der Waals surface area contributed by atoms with Gasteiger partial charge in [-0.3, -0.25) is 4.57 Å². The molecule has 0 saturated heterocycles. The highest BCUT2D eigenvalue weighted by atomic mass is 19.1. The van der Waals surface area contributed by atoms with Crippen LogP contribution in [0.5, 0.6) is 11.5 Å². The SMILES string of the molecule is [2H]c1c([2H])c(C(C)(C)C)c([2H])c([2H])c1-c1cc(Oc2ccc3c4ccccc4n(-c4cc(C(C)(C)C)ccn4)c3c2)cc(N2CN(c3c(-c4cc(C(C)(C)C)cc(C(C)(C)C)c4)cc(-c4ccccc4)cc3-c3c(F)cc(F)cc3F)c3ccccc32)c1. The average molecular weight is 1120 g/mol. The van der Waals surface area contributed by atoms with Crippen LogP contribution in [-0.4, -0.2) is 16.2 Å². The number of fused-ring (bicyclic) bond motifs is 4. The first-order valence-electron chi connectivity index (χ1n) is 30.7. The smallest absolute Gasteiger partial charge is 0.137 e. The van der Waals surface area contributed by atoms with Gasteiger partial charge in [0.15, 0.2) is 0 Å². The standard InChI is InChI=1S/C76H71F3N4O/c1-73(2,3)52-28-26-48(27-29-52)49-36-57(44-59(37-49)84-58-30-31-61-60-22-16-17-23-66(60)83(69(61)45-58)70-41-53(32-33-80-70)74(4,5)6)81-46-82(68-25-19-18-24-67(68)81)72-62(51-34-54(75(7,8)9)40-55(35-51)76(10,11)12)38-50(47-20-14-13-15-21-47)39-63(72)71-64(78)42-56(77)43-65(71)79/h13-45H,46H2,1-12H3/i26D,27D,28D,29D. The van der Waals surface area contributed by atoms with Gasteiger partial charge in [0, 0.05) is 58.0 Å². The molecule has 12 rings (SSSR count). The van der Waals surface area contributed by atoms with Crippen molar-refractivity contribution in [3.8, 4) is 61.8 Å². The molecule has 0 saturated carbocycles. The van der Waals surface area contributed by atoms with E-state index in [1.165, 1.54) is 0 Å². The molecule has 1 aliphatic rings. The molecule has 0 radical (unpaired) electrons. The van der Waals surface area contributed by atoms with Crippen molar-refractivity contribution in [2.75, 3.05) is 16.5 Å². The molecule has 0 spiro atoms. The van der Waals surface area contributed by atoms with Crippen molar-refractivity contribution in [2.24, 2.45) is 0 Å². The van der Waals surface area contributed by atoms with E-state index in [1.807, 2.05) is 135 Å². The van der Waals surface area contributed by atoms with Gasteiger partial charge in [-0.05, 0) is 138 Å². The van der Waals surface area contributed by atoms with E-state index in [9.17, 15) is 5.48 Å². The second-order valence-corrected chi connectivity index (χ2v) is 26.3. The topological polar surface area (TPSA) is 33.5 Å². The molecule has 422 valence electrons. The number of halogens is 3. The van der Waals surface area contributed by atoms with Crippen molar-refractivity contribution < 1.29 is 23.4 Å². The fourth-order valence-corrected chi connectivity index (χ4v) is 11.4. The highest BCUT2D eigenvalue weighted by Gasteiger charge is 2.35. The first kappa shape index (κ1) is 50.8. The molecule has 2 aromatic heterocycles. The highest BCUT2D eigenvalue weighted by molar-refractivity contribution is 6.09. The molecule has 0 N–H and O–H groups in total. The van der Waals surface area contributed by atoms with E-state index in [1.54, 1.807) is 12.1 Å². The summed E-state index contributed by atoms with van der Waals surface area (Å²) in [6.07, 6.45) is 1.84. The zero-order chi connectivity index (χ0) is 62.7. The van der Waals surface area contributed by atoms with Crippen LogP contribution in [0.3, 0.4) is 0 Å². The highest BCUT2D eigenvalue weighted by Crippen LogP contribution is 2.54. The lowest BCUT2D eigenvalue weighted by Gasteiger charge is -2.30. The van der Waals surface area contributed by atoms with Crippen molar-refractivity contribution in [3.63, 3.8) is 0 Å². The van der Waals surface area contributed by atoms with Crippen LogP contribution in [0.25, 0.3) is 72.1 Å². The number of anilines is 4. The number of ether oxygens (including phenoxy) is 1. The predicted octanol–water partition coefficient (Wildman–Crippen LogP) is 21.5. The van der Waals surface area contributed by atoms with E-state index in [0.29, 0.717) is 56.5 Å². The maximum absolute atomic E-state index is 17.0. The van der Waals surface area contributed by atoms with Gasteiger partial charge in [0.25, 0.3) is 0 Å². The first-order chi connectivity index (χ1) is 41.5. The van der Waals surface area contributed by atoms with Crippen LogP contribution in [0.4, 0.5) is 35.9 Å². The minimum Gasteiger partial charge on any atom is -0.457 e. The molecule has 0 aliphatic carbocycles. The van der Waals surface area contributed by atoms with Crippen LogP contribution in [0.1, 0.15) is 111 Å². The van der Waals surface area contributed by atoms with Gasteiger partial charge in [0.2, 0.25) is 0 Å². The third-order valence-electron chi connectivity index (χ3n) is 16.1. The van der Waals surface area contributed by atoms with Crippen molar-refractivity contribution in [1.82, 2.24) is 9.55 Å². The second-order valence-electron chi connectivity index (χ2n) is 26.3. The normalized spacial score (nSPS) is 13.8. The number of benzene rings is 9. The molecule has 1 aliphatic heterocycles. The van der Waals surface area contributed by atoms with Gasteiger partial charge in [-0.1, -0.05) is 186 Å². The summed E-state index contributed by atoms with van der Waals surface area (Å²) in [6, 6.07) is 52.5. The molecule has 0 atom stereocenters. The van der Waals surface area contributed by atoms with Crippen molar-refractivity contribution in [1.29, 1.82) is 0 Å². The Morgan fingerprint density at radius 3 is 1.68 bits per heavy atom. The first-order valence-corrected chi connectivity index (χ1v) is 28.7. The van der Waals surface area contributed by atoms with Crippen molar-refractivity contribution >= 4 is 44.6 Å². The monoisotopic (exact) mass is 1120 g/mol. The van der Waals surface area contributed by atoms with Gasteiger partial charge in [0.05, 0.1) is 39.1 Å². The number of nitrogens with zero attached hydrogens (tertiary/aromatic N) is 4. The number of pyridine rings is 1. The summed E-state index contributed by atoms with van der Waals surface area (Å²) in [4.78, 5) is 9.01. The molecule has 0 bridgehead atoms. The summed E-state index contributed by atoms with van der Waals surface area (Å²) >= 11 is 0. The number of para-hydroxylation sites is 3. The molecule has 3 heterocycles. The second kappa shape index (κ2) is 20.8. The van der Waals surface area contributed by atoms with Crippen LogP contribution in [0.15, 0.2) is 200 Å². The molecule has 84 heavy (non-hydrogen) atoms. The number of rotatable bonds is 9. The Hall–Kier alpha value is -8.88. The van der Waals surface area contributed by atoms with E-state index in [-0.39, 0.29) is 63.8 Å². The van der Waals surface area contributed by atoms with Gasteiger partial charge in [-0.2, -0.15) is 0 Å². The largest absolute Gasteiger partial charge is 0.457 e. The summed E-state index contributed by atoms with van der Waals surface area (Å²) in [5.74, 6) is -1.57. The lowest BCUT2D eigenvalue weighted by atomic mass is 9.78. The summed E-state index contributed by atoms with van der Waals surface area (Å²) in [6.45, 7) is 25.2. The molecule has 0 amide bonds. The Kier molecular flexibility index (Phi) is 12.6. The molecule has 8 heteroatoms. The van der Waals surface area contributed by atoms with E-state index in [0.717, 1.165) is 67.6 Å². The molecule has 11 aromatic rings. The van der Waals surface area contributed by atoms with E-state index >= 15 is 13.2 Å². The number of hydrogen-bond acceptors (Lipinski definition) is 4. The van der Waals surface area contributed by atoms with Crippen LogP contribution >= 0.6 is 0 Å². The third-order valence-corrected chi connectivity index (χ3v) is 16.1. The number of hydrogen-bond donors (Lipinski definition) is 0. The fourth-order valence-electron chi connectivity index (χ4n) is 11.4. The molecular formula is C76H71F3N4O. The minimum absolute atomic E-state index is 0.0625. The van der Waals surface area contributed by atoms with E-state index in [2.05, 4.69) is 114 Å². The zero-order valence-corrected chi connectivity index (χ0v) is 49.8. The quantitative estimate of drug-likeness (QED) is 0.144. The maximum atomic E-state index is 17.0. The lowest BCUT2D eigenvalue weighted by molar-refractivity contribution is 0.483. The van der Waals surface area contributed by atoms with Crippen LogP contribution < -0.4 is 14.5 Å². The van der Waals surface area contributed by atoms with Crippen LogP contribution in [0.2, 0.25) is 0 Å². The van der Waals surface area contributed by atoms with Crippen LogP contribution in [-0.2, 0) is 21.7 Å². The van der Waals surface area contributed by atoms with Gasteiger partial charge in [0.1, 0.15) is 41.4 Å². The Morgan fingerprint density at radius 2 is 1.02 bits per heavy atom. The molecule has 0 fully saturated rings. The summed E-state index contributed by atoms with van der Waals surface area (Å²) in [5, 5.41) is 2.03. The molecule has 9 aromatic carbocycles. The Balaban J connectivity index is 1.10. The van der Waals surface area contributed by atoms with Crippen molar-refractivity contribution in [3.05, 3.63) is 240 Å². The van der Waals surface area contributed by atoms with Gasteiger partial charge in [-0.15, -0.1) is 0 Å². The predicted molar refractivity (Wildman–Crippen MR) is 344 cm³/mol. The van der Waals surface area contributed by atoms with E-state index in [4.69, 9.17) is 9.72 Å². The van der Waals surface area contributed by atoms with Crippen LogP contribution in [0, 0.1) is 17.5 Å². The van der Waals surface area contributed by atoms with Gasteiger partial charge >= 0.3 is 0 Å². The fraction of sp³-hybridized carbons (Fsp3) is 0.224. The Bertz CT molecular complexity index is 4520. The summed E-state index contributed by atoms with van der Waals surface area (Å²) in [5.41, 5.74) is 9.66. The van der Waals surface area contributed by atoms with Crippen molar-refractivity contribution in [2.45, 2.75) is 105 Å². The van der Waals surface area contributed by atoms with Gasteiger partial charge in [-0.25, -0.2) is 18.2 Å². The minimum atomic E-state index is -1.06. The Morgan fingerprint density at radius 1 is 0.440 bits per heavy atom. The van der Waals surface area contributed by atoms with Gasteiger partial charge < -0.3 is 14.5 Å².